The Kier molecular flexibility index (Phi) is 3.90. The van der Waals surface area contributed by atoms with Crippen LogP contribution in [0.15, 0.2) is 44.9 Å². The molecule has 1 atom stereocenters. The highest BCUT2D eigenvalue weighted by Crippen LogP contribution is 2.44. The van der Waals surface area contributed by atoms with Gasteiger partial charge < -0.3 is 4.90 Å². The average molecular weight is 325 g/mol. The maximum Gasteiger partial charge on any atom is 0.240 e. The highest BCUT2D eigenvalue weighted by molar-refractivity contribution is 5.80. The summed E-state index contributed by atoms with van der Waals surface area (Å²) in [6, 6.07) is 8.01. The zero-order valence-corrected chi connectivity index (χ0v) is 14.1. The molecule has 0 aromatic heterocycles. The Morgan fingerprint density at radius 2 is 1.83 bits per heavy atom. The molecule has 1 saturated heterocycles. The van der Waals surface area contributed by atoms with Crippen LogP contribution >= 0.6 is 0 Å². The Bertz CT molecular complexity index is 682. The number of amides is 1. The number of nitrogens with zero attached hydrogens (tertiary/aromatic N) is 5. The van der Waals surface area contributed by atoms with Crippen molar-refractivity contribution in [3.05, 3.63) is 35.4 Å². The molecule has 1 aromatic carbocycles. The van der Waals surface area contributed by atoms with Gasteiger partial charge in [0.2, 0.25) is 11.6 Å². The monoisotopic (exact) mass is 325 g/mol. The van der Waals surface area contributed by atoms with E-state index in [-0.39, 0.29) is 17.9 Å². The van der Waals surface area contributed by atoms with Crippen molar-refractivity contribution in [1.82, 2.24) is 4.90 Å². The Hall–Kier alpha value is -2.11. The summed E-state index contributed by atoms with van der Waals surface area (Å²) < 4.78 is 0. The minimum absolute atomic E-state index is 0.0875. The summed E-state index contributed by atoms with van der Waals surface area (Å²) in [6.07, 6.45) is 6.22. The van der Waals surface area contributed by atoms with Crippen molar-refractivity contribution in [3.63, 3.8) is 0 Å². The fourth-order valence-electron chi connectivity index (χ4n) is 4.11. The number of hydrogen-bond donors (Lipinski definition) is 0. The van der Waals surface area contributed by atoms with Gasteiger partial charge in [0.25, 0.3) is 0 Å². The first kappa shape index (κ1) is 15.4. The minimum atomic E-state index is -0.870. The molecule has 4 rings (SSSR count). The summed E-state index contributed by atoms with van der Waals surface area (Å²) in [4.78, 5) is 15.0. The van der Waals surface area contributed by atoms with Crippen molar-refractivity contribution < 1.29 is 4.79 Å². The fraction of sp³-hybridized carbons (Fsp3) is 0.611. The van der Waals surface area contributed by atoms with Crippen LogP contribution in [0.2, 0.25) is 0 Å². The van der Waals surface area contributed by atoms with Crippen LogP contribution in [0, 0.1) is 12.8 Å². The number of hydrogen-bond acceptors (Lipinski definition) is 5. The summed E-state index contributed by atoms with van der Waals surface area (Å²) >= 11 is 0. The highest BCUT2D eigenvalue weighted by Gasteiger charge is 2.50. The molecule has 3 aliphatic rings. The molecule has 2 heterocycles. The second-order valence-corrected chi connectivity index (χ2v) is 7.09. The molecule has 0 N–H and O–H groups in total. The molecular weight excluding hydrogens is 302 g/mol. The third-order valence-electron chi connectivity index (χ3n) is 5.68. The molecule has 24 heavy (non-hydrogen) atoms. The fourth-order valence-corrected chi connectivity index (χ4v) is 4.11. The Balaban J connectivity index is 1.74. The maximum atomic E-state index is 13.0. The van der Waals surface area contributed by atoms with Crippen LogP contribution in [0.4, 0.5) is 0 Å². The lowest BCUT2D eigenvalue weighted by Gasteiger charge is -2.44. The number of piperidine rings is 1. The lowest BCUT2D eigenvalue weighted by atomic mass is 9.80. The Morgan fingerprint density at radius 3 is 2.50 bits per heavy atom. The number of carbonyl (C=O) groups excluding carboxylic acids is 1. The largest absolute Gasteiger partial charge is 0.335 e. The standard InChI is InChI=1S/C18H23N5O/c1-13-7-2-3-10-15(13)18(19-21-22-20-18)16-11-4-5-12-23(16)17(24)14-8-6-9-14/h2-3,7,10,14,16H,4-6,8-9,11-12H2,1H3. The van der Waals surface area contributed by atoms with E-state index in [1.54, 1.807) is 0 Å². The summed E-state index contributed by atoms with van der Waals surface area (Å²) in [7, 11) is 0. The van der Waals surface area contributed by atoms with Crippen molar-refractivity contribution >= 4 is 5.91 Å². The van der Waals surface area contributed by atoms with Gasteiger partial charge in [-0.05, 0) is 55.0 Å². The summed E-state index contributed by atoms with van der Waals surface area (Å²) in [6.45, 7) is 2.85. The topological polar surface area (TPSA) is 69.8 Å². The third-order valence-corrected chi connectivity index (χ3v) is 5.68. The smallest absolute Gasteiger partial charge is 0.240 e. The third kappa shape index (κ3) is 2.36. The molecule has 2 fully saturated rings. The van der Waals surface area contributed by atoms with Gasteiger partial charge in [-0.3, -0.25) is 4.79 Å². The molecule has 1 unspecified atom stereocenters. The second-order valence-electron chi connectivity index (χ2n) is 7.09. The van der Waals surface area contributed by atoms with E-state index in [4.69, 9.17) is 0 Å². The minimum Gasteiger partial charge on any atom is -0.335 e. The Labute approximate surface area is 142 Å². The van der Waals surface area contributed by atoms with Gasteiger partial charge in [0.15, 0.2) is 0 Å². The van der Waals surface area contributed by atoms with Crippen LogP contribution in [-0.4, -0.2) is 23.4 Å². The van der Waals surface area contributed by atoms with E-state index in [9.17, 15) is 4.79 Å². The lowest BCUT2D eigenvalue weighted by molar-refractivity contribution is -0.144. The molecule has 2 aliphatic heterocycles. The van der Waals surface area contributed by atoms with E-state index in [1.807, 2.05) is 23.1 Å². The Morgan fingerprint density at radius 1 is 1.08 bits per heavy atom. The van der Waals surface area contributed by atoms with Crippen LogP contribution in [0.5, 0.6) is 0 Å². The molecule has 1 aromatic rings. The van der Waals surface area contributed by atoms with Gasteiger partial charge in [0.1, 0.15) is 0 Å². The molecule has 1 amide bonds. The van der Waals surface area contributed by atoms with E-state index >= 15 is 0 Å². The van der Waals surface area contributed by atoms with Crippen molar-refractivity contribution in [2.75, 3.05) is 6.54 Å². The van der Waals surface area contributed by atoms with Gasteiger partial charge in [-0.25, -0.2) is 0 Å². The van der Waals surface area contributed by atoms with Crippen molar-refractivity contribution in [1.29, 1.82) is 0 Å². The van der Waals surface area contributed by atoms with E-state index in [0.29, 0.717) is 0 Å². The van der Waals surface area contributed by atoms with Gasteiger partial charge in [-0.15, -0.1) is 10.2 Å². The first-order valence-electron chi connectivity index (χ1n) is 8.93. The predicted molar refractivity (Wildman–Crippen MR) is 89.3 cm³/mol. The molecule has 0 bridgehead atoms. The molecule has 6 nitrogen and oxygen atoms in total. The SMILES string of the molecule is Cc1ccccc1C1(C2CCCCN2C(=O)C2CCC2)N=NN=N1. The summed E-state index contributed by atoms with van der Waals surface area (Å²) in [5.41, 5.74) is 1.25. The van der Waals surface area contributed by atoms with Crippen LogP contribution in [0.3, 0.4) is 0 Å². The molecular formula is C18H23N5O. The average Bonchev–Trinajstić information content (AvgIpc) is 3.04. The summed E-state index contributed by atoms with van der Waals surface area (Å²) in [5.74, 6) is 0.464. The van der Waals surface area contributed by atoms with Crippen LogP contribution in [-0.2, 0) is 10.5 Å². The molecule has 1 aliphatic carbocycles. The number of benzene rings is 1. The normalized spacial score (nSPS) is 25.7. The maximum absolute atomic E-state index is 13.0. The number of aryl methyl sites for hydroxylation is 1. The van der Waals surface area contributed by atoms with E-state index in [1.165, 1.54) is 0 Å². The van der Waals surface area contributed by atoms with E-state index in [0.717, 1.165) is 56.2 Å². The van der Waals surface area contributed by atoms with Gasteiger partial charge in [-0.1, -0.05) is 30.7 Å². The van der Waals surface area contributed by atoms with Crippen molar-refractivity contribution in [3.8, 4) is 0 Å². The molecule has 0 radical (unpaired) electrons. The number of likely N-dealkylation sites (tertiary alicyclic amines) is 1. The first-order valence-corrected chi connectivity index (χ1v) is 8.93. The van der Waals surface area contributed by atoms with Crippen LogP contribution < -0.4 is 0 Å². The van der Waals surface area contributed by atoms with Gasteiger partial charge in [0, 0.05) is 18.0 Å². The zero-order valence-electron chi connectivity index (χ0n) is 14.1. The van der Waals surface area contributed by atoms with Gasteiger partial charge in [0.05, 0.1) is 6.04 Å². The predicted octanol–water partition coefficient (Wildman–Crippen LogP) is 4.16. The van der Waals surface area contributed by atoms with Gasteiger partial charge in [-0.2, -0.15) is 0 Å². The van der Waals surface area contributed by atoms with Crippen molar-refractivity contribution in [2.24, 2.45) is 26.6 Å². The van der Waals surface area contributed by atoms with Gasteiger partial charge >= 0.3 is 0 Å². The highest BCUT2D eigenvalue weighted by atomic mass is 16.2. The number of carbonyl (C=O) groups is 1. The second kappa shape index (κ2) is 6.07. The van der Waals surface area contributed by atoms with E-state index < -0.39 is 5.66 Å². The molecule has 126 valence electrons. The summed E-state index contributed by atoms with van der Waals surface area (Å²) in [5, 5.41) is 16.6. The zero-order chi connectivity index (χ0) is 16.6. The quantitative estimate of drug-likeness (QED) is 0.822. The first-order chi connectivity index (χ1) is 11.7. The molecule has 0 spiro atoms. The molecule has 6 heteroatoms. The molecule has 1 saturated carbocycles. The van der Waals surface area contributed by atoms with Crippen molar-refractivity contribution in [2.45, 2.75) is 57.2 Å². The van der Waals surface area contributed by atoms with E-state index in [2.05, 4.69) is 33.7 Å². The lowest BCUT2D eigenvalue weighted by Crippen LogP contribution is -2.55. The van der Waals surface area contributed by atoms with Crippen LogP contribution in [0.25, 0.3) is 0 Å². The number of rotatable bonds is 3. The van der Waals surface area contributed by atoms with Crippen LogP contribution in [0.1, 0.15) is 49.7 Å².